The van der Waals surface area contributed by atoms with Crippen molar-refractivity contribution >= 4 is 0 Å². The van der Waals surface area contributed by atoms with Crippen LogP contribution in [-0.4, -0.2) is 46.3 Å². The molecule has 0 saturated carbocycles. The molecule has 0 bridgehead atoms. The third kappa shape index (κ3) is 3.98. The second-order valence-electron chi connectivity index (χ2n) is 8.66. The predicted molar refractivity (Wildman–Crippen MR) is 98.0 cm³/mol. The van der Waals surface area contributed by atoms with E-state index in [0.717, 1.165) is 19.5 Å². The van der Waals surface area contributed by atoms with E-state index in [2.05, 4.69) is 62.0 Å². The van der Waals surface area contributed by atoms with E-state index in [1.807, 2.05) is 12.4 Å². The number of piperidine rings is 1. The quantitative estimate of drug-likeness (QED) is 0.916. The Morgan fingerprint density at radius 3 is 2.33 bits per heavy atom. The summed E-state index contributed by atoms with van der Waals surface area (Å²) in [5.74, 6) is 0. The molecule has 0 aromatic carbocycles. The average Bonchev–Trinajstić information content (AvgIpc) is 2.75. The summed E-state index contributed by atoms with van der Waals surface area (Å²) < 4.78 is 6.23. The van der Waals surface area contributed by atoms with Gasteiger partial charge in [0, 0.05) is 43.6 Å². The van der Waals surface area contributed by atoms with Gasteiger partial charge in [0.2, 0.25) is 0 Å². The van der Waals surface area contributed by atoms with Crippen LogP contribution in [0, 0.1) is 0 Å². The topological polar surface area (TPSA) is 37.4 Å². The Balaban J connectivity index is 1.52. The van der Waals surface area contributed by atoms with Crippen molar-refractivity contribution in [2.24, 2.45) is 0 Å². The van der Waals surface area contributed by atoms with Crippen LogP contribution in [0.1, 0.15) is 65.5 Å². The first-order valence-corrected chi connectivity index (χ1v) is 9.37. The van der Waals surface area contributed by atoms with E-state index in [-0.39, 0.29) is 11.2 Å². The third-order valence-electron chi connectivity index (χ3n) is 5.78. The molecule has 4 heteroatoms. The van der Waals surface area contributed by atoms with E-state index >= 15 is 0 Å². The molecule has 3 rings (SSSR count). The fourth-order valence-electron chi connectivity index (χ4n) is 4.41. The fraction of sp³-hybridized carbons (Fsp3) is 0.750. The van der Waals surface area contributed by atoms with Gasteiger partial charge >= 0.3 is 0 Å². The third-order valence-corrected chi connectivity index (χ3v) is 5.78. The van der Waals surface area contributed by atoms with Gasteiger partial charge in [-0.05, 0) is 71.6 Å². The number of hydrogen-bond donors (Lipinski definition) is 1. The summed E-state index contributed by atoms with van der Waals surface area (Å²) in [5, 5.41) is 3.90. The Labute approximate surface area is 147 Å². The zero-order valence-electron chi connectivity index (χ0n) is 15.9. The molecule has 2 atom stereocenters. The molecule has 0 unspecified atom stereocenters. The van der Waals surface area contributed by atoms with Gasteiger partial charge in [-0.1, -0.05) is 0 Å². The van der Waals surface area contributed by atoms with Crippen molar-refractivity contribution in [3.63, 3.8) is 0 Å². The average molecular weight is 332 g/mol. The molecule has 3 heterocycles. The molecule has 4 nitrogen and oxygen atoms in total. The van der Waals surface area contributed by atoms with Crippen LogP contribution < -0.4 is 5.32 Å². The number of hydrogen-bond acceptors (Lipinski definition) is 4. The Kier molecular flexibility index (Phi) is 5.01. The fourth-order valence-corrected chi connectivity index (χ4v) is 4.41. The molecule has 0 spiro atoms. The summed E-state index contributed by atoms with van der Waals surface area (Å²) in [4.78, 5) is 6.72. The zero-order chi connectivity index (χ0) is 17.4. The predicted octanol–water partition coefficient (Wildman–Crippen LogP) is 3.54. The van der Waals surface area contributed by atoms with Gasteiger partial charge in [0.15, 0.2) is 0 Å². The summed E-state index contributed by atoms with van der Waals surface area (Å²) in [6.07, 6.45) is 7.30. The lowest BCUT2D eigenvalue weighted by Gasteiger charge is -2.39. The lowest BCUT2D eigenvalue weighted by atomic mass is 9.92. The Morgan fingerprint density at radius 1 is 1.17 bits per heavy atom. The maximum absolute atomic E-state index is 6.23. The minimum Gasteiger partial charge on any atom is -0.368 e. The highest BCUT2D eigenvalue weighted by Gasteiger charge is 2.46. The molecule has 0 amide bonds. The summed E-state index contributed by atoms with van der Waals surface area (Å²) in [5.41, 5.74) is 1.27. The molecule has 1 aromatic heterocycles. The summed E-state index contributed by atoms with van der Waals surface area (Å²) in [6, 6.07) is 5.79. The van der Waals surface area contributed by atoms with Crippen molar-refractivity contribution in [1.82, 2.24) is 15.2 Å². The Bertz CT molecular complexity index is 535. The molecule has 2 fully saturated rings. The van der Waals surface area contributed by atoms with Crippen molar-refractivity contribution < 1.29 is 4.74 Å². The van der Waals surface area contributed by atoms with E-state index in [9.17, 15) is 0 Å². The van der Waals surface area contributed by atoms with E-state index in [1.54, 1.807) is 0 Å². The zero-order valence-corrected chi connectivity index (χ0v) is 15.9. The van der Waals surface area contributed by atoms with Gasteiger partial charge in [0.1, 0.15) is 0 Å². The van der Waals surface area contributed by atoms with Gasteiger partial charge in [-0.25, -0.2) is 0 Å². The first kappa shape index (κ1) is 17.8. The van der Waals surface area contributed by atoms with Gasteiger partial charge in [-0.2, -0.15) is 0 Å². The highest BCUT2D eigenvalue weighted by Crippen LogP contribution is 2.38. The molecule has 2 aliphatic heterocycles. The standard InChI is InChI=1S/C20H33N3O/c1-15(16-6-10-21-11-7-16)23-12-8-17(9-13-23)22-18-14-19(2,3)24-20(18,4)5/h6-7,10-11,15,17-18,22H,8-9,12-14H2,1-5H3/t15-,18-/m0/s1. The molecular formula is C20H33N3O. The molecule has 1 aromatic rings. The SMILES string of the molecule is C[C@@H](c1ccncc1)N1CCC(N[C@H]2CC(C)(C)OC2(C)C)CC1. The normalized spacial score (nSPS) is 28.8. The molecule has 1 N–H and O–H groups in total. The maximum Gasteiger partial charge on any atom is 0.0787 e. The lowest BCUT2D eigenvalue weighted by Crippen LogP contribution is -2.51. The second kappa shape index (κ2) is 6.74. The molecular weight excluding hydrogens is 298 g/mol. The van der Waals surface area contributed by atoms with Crippen LogP contribution >= 0.6 is 0 Å². The highest BCUT2D eigenvalue weighted by atomic mass is 16.5. The van der Waals surface area contributed by atoms with Gasteiger partial charge in [0.25, 0.3) is 0 Å². The lowest BCUT2D eigenvalue weighted by molar-refractivity contribution is -0.0709. The molecule has 2 saturated heterocycles. The summed E-state index contributed by atoms with van der Waals surface area (Å²) in [7, 11) is 0. The molecule has 24 heavy (non-hydrogen) atoms. The van der Waals surface area contributed by atoms with Crippen LogP contribution in [0.5, 0.6) is 0 Å². The molecule has 0 aliphatic carbocycles. The van der Waals surface area contributed by atoms with Crippen molar-refractivity contribution in [2.75, 3.05) is 13.1 Å². The number of likely N-dealkylation sites (tertiary alicyclic amines) is 1. The molecule has 134 valence electrons. The largest absolute Gasteiger partial charge is 0.368 e. The number of nitrogens with zero attached hydrogens (tertiary/aromatic N) is 2. The van der Waals surface area contributed by atoms with Crippen molar-refractivity contribution in [3.8, 4) is 0 Å². The molecule has 2 aliphatic rings. The Morgan fingerprint density at radius 2 is 1.79 bits per heavy atom. The first-order valence-electron chi connectivity index (χ1n) is 9.37. The van der Waals surface area contributed by atoms with E-state index in [4.69, 9.17) is 4.74 Å². The van der Waals surface area contributed by atoms with Crippen LogP contribution in [-0.2, 0) is 4.74 Å². The van der Waals surface area contributed by atoms with Gasteiger partial charge in [-0.15, -0.1) is 0 Å². The van der Waals surface area contributed by atoms with Crippen LogP contribution in [0.4, 0.5) is 0 Å². The summed E-state index contributed by atoms with van der Waals surface area (Å²) in [6.45, 7) is 13.5. The van der Waals surface area contributed by atoms with Crippen LogP contribution in [0.2, 0.25) is 0 Å². The van der Waals surface area contributed by atoms with E-state index < -0.39 is 0 Å². The second-order valence-corrected chi connectivity index (χ2v) is 8.66. The highest BCUT2D eigenvalue weighted by molar-refractivity contribution is 5.14. The van der Waals surface area contributed by atoms with E-state index in [1.165, 1.54) is 18.4 Å². The number of nitrogens with one attached hydrogen (secondary N) is 1. The van der Waals surface area contributed by atoms with Gasteiger partial charge in [-0.3, -0.25) is 9.88 Å². The van der Waals surface area contributed by atoms with Crippen molar-refractivity contribution in [1.29, 1.82) is 0 Å². The number of pyridine rings is 1. The van der Waals surface area contributed by atoms with Crippen molar-refractivity contribution in [2.45, 2.75) is 83.2 Å². The van der Waals surface area contributed by atoms with Crippen LogP contribution in [0.15, 0.2) is 24.5 Å². The Hall–Kier alpha value is -0.970. The van der Waals surface area contributed by atoms with Gasteiger partial charge < -0.3 is 10.1 Å². The van der Waals surface area contributed by atoms with Crippen LogP contribution in [0.25, 0.3) is 0 Å². The minimum atomic E-state index is -0.0784. The van der Waals surface area contributed by atoms with Crippen molar-refractivity contribution in [3.05, 3.63) is 30.1 Å². The van der Waals surface area contributed by atoms with Crippen LogP contribution in [0.3, 0.4) is 0 Å². The summed E-state index contributed by atoms with van der Waals surface area (Å²) >= 11 is 0. The number of aromatic nitrogens is 1. The van der Waals surface area contributed by atoms with Gasteiger partial charge in [0.05, 0.1) is 11.2 Å². The smallest absolute Gasteiger partial charge is 0.0787 e. The molecule has 0 radical (unpaired) electrons. The monoisotopic (exact) mass is 331 g/mol. The minimum absolute atomic E-state index is 0.0161. The number of ether oxygens (including phenoxy) is 1. The first-order chi connectivity index (χ1) is 11.3. The number of rotatable bonds is 4. The maximum atomic E-state index is 6.23. The van der Waals surface area contributed by atoms with E-state index in [0.29, 0.717) is 18.1 Å².